The summed E-state index contributed by atoms with van der Waals surface area (Å²) in [4.78, 5) is 11.6. The summed E-state index contributed by atoms with van der Waals surface area (Å²) in [6.07, 6.45) is 0. The second-order valence-electron chi connectivity index (χ2n) is 4.60. The first kappa shape index (κ1) is 14.6. The molecule has 0 N–H and O–H groups in total. The van der Waals surface area contributed by atoms with Crippen LogP contribution in [0, 0.1) is 17.5 Å². The first-order valence-electron chi connectivity index (χ1n) is 6.25. The van der Waals surface area contributed by atoms with Crippen molar-refractivity contribution in [3.05, 3.63) is 58.7 Å². The quantitative estimate of drug-likeness (QED) is 0.635. The summed E-state index contributed by atoms with van der Waals surface area (Å²) < 4.78 is 46.4. The fraction of sp³-hybridized carbons (Fsp3) is 0.0625. The molecule has 0 aliphatic rings. The number of halogens is 3. The Morgan fingerprint density at radius 2 is 1.77 bits per heavy atom. The highest BCUT2D eigenvalue weighted by Gasteiger charge is 2.18. The van der Waals surface area contributed by atoms with E-state index in [1.807, 2.05) is 0 Å². The maximum Gasteiger partial charge on any atom is 0.337 e. The number of carbonyl (C=O) groups is 1. The zero-order chi connectivity index (χ0) is 15.9. The monoisotopic (exact) mass is 322 g/mol. The van der Waals surface area contributed by atoms with Gasteiger partial charge < -0.3 is 4.74 Å². The molecule has 2 nitrogen and oxygen atoms in total. The van der Waals surface area contributed by atoms with Gasteiger partial charge in [-0.2, -0.15) is 0 Å². The van der Waals surface area contributed by atoms with Crippen LogP contribution in [0.5, 0.6) is 0 Å². The molecule has 2 aromatic carbocycles. The Morgan fingerprint density at radius 1 is 1.09 bits per heavy atom. The van der Waals surface area contributed by atoms with Crippen LogP contribution in [0.1, 0.15) is 10.4 Å². The fourth-order valence-electron chi connectivity index (χ4n) is 2.27. The van der Waals surface area contributed by atoms with Crippen molar-refractivity contribution in [3.63, 3.8) is 0 Å². The lowest BCUT2D eigenvalue weighted by molar-refractivity contribution is 0.0601. The predicted octanol–water partition coefficient (Wildman–Crippen LogP) is 4.77. The number of carbonyl (C=O) groups excluding carboxylic acids is 1. The number of hydrogen-bond donors (Lipinski definition) is 0. The van der Waals surface area contributed by atoms with E-state index >= 15 is 0 Å². The summed E-state index contributed by atoms with van der Waals surface area (Å²) in [6.45, 7) is 0. The summed E-state index contributed by atoms with van der Waals surface area (Å²) in [7, 11) is 1.25. The Labute approximate surface area is 127 Å². The van der Waals surface area contributed by atoms with Crippen LogP contribution in [0.3, 0.4) is 0 Å². The smallest absolute Gasteiger partial charge is 0.337 e. The summed E-state index contributed by atoms with van der Waals surface area (Å²) in [5.74, 6) is -3.49. The molecule has 0 saturated carbocycles. The van der Waals surface area contributed by atoms with Gasteiger partial charge in [-0.15, -0.1) is 11.3 Å². The van der Waals surface area contributed by atoms with E-state index in [2.05, 4.69) is 4.74 Å². The van der Waals surface area contributed by atoms with Gasteiger partial charge in [0.2, 0.25) is 0 Å². The predicted molar refractivity (Wildman–Crippen MR) is 78.5 cm³/mol. The van der Waals surface area contributed by atoms with Gasteiger partial charge in [0.05, 0.1) is 18.2 Å². The van der Waals surface area contributed by atoms with Gasteiger partial charge in [-0.05, 0) is 18.2 Å². The molecule has 112 valence electrons. The summed E-state index contributed by atoms with van der Waals surface area (Å²) in [6, 6.07) is 6.02. The molecule has 0 radical (unpaired) electrons. The van der Waals surface area contributed by atoms with E-state index in [1.54, 1.807) is 17.5 Å². The minimum Gasteiger partial charge on any atom is -0.465 e. The highest BCUT2D eigenvalue weighted by molar-refractivity contribution is 7.17. The van der Waals surface area contributed by atoms with Crippen LogP contribution in [0.4, 0.5) is 13.2 Å². The lowest BCUT2D eigenvalue weighted by Crippen LogP contribution is -2.00. The highest BCUT2D eigenvalue weighted by atomic mass is 32.1. The number of thiophene rings is 1. The van der Waals surface area contributed by atoms with Crippen LogP contribution >= 0.6 is 11.3 Å². The van der Waals surface area contributed by atoms with Gasteiger partial charge in [0.25, 0.3) is 0 Å². The van der Waals surface area contributed by atoms with E-state index in [0.29, 0.717) is 17.5 Å². The molecule has 0 bridgehead atoms. The number of ether oxygens (including phenoxy) is 1. The van der Waals surface area contributed by atoms with Crippen molar-refractivity contribution in [2.75, 3.05) is 7.11 Å². The maximum absolute atomic E-state index is 14.0. The Balaban J connectivity index is 2.26. The number of esters is 1. The Hall–Kier alpha value is -2.34. The van der Waals surface area contributed by atoms with E-state index < -0.39 is 23.4 Å². The molecule has 0 unspecified atom stereocenters. The van der Waals surface area contributed by atoms with Crippen LogP contribution in [-0.4, -0.2) is 13.1 Å². The first-order chi connectivity index (χ1) is 10.5. The highest BCUT2D eigenvalue weighted by Crippen LogP contribution is 2.37. The lowest BCUT2D eigenvalue weighted by atomic mass is 10.0. The van der Waals surface area contributed by atoms with Crippen molar-refractivity contribution in [1.82, 2.24) is 0 Å². The molecule has 0 aliphatic carbocycles. The number of fused-ring (bicyclic) bond motifs is 1. The van der Waals surface area contributed by atoms with Gasteiger partial charge in [-0.1, -0.05) is 0 Å². The molecular weight excluding hydrogens is 313 g/mol. The normalized spacial score (nSPS) is 10.9. The molecule has 22 heavy (non-hydrogen) atoms. The molecule has 0 fully saturated rings. The molecule has 0 aliphatic heterocycles. The minimum absolute atomic E-state index is 0.276. The Bertz CT molecular complexity index is 863. The van der Waals surface area contributed by atoms with Crippen molar-refractivity contribution in [3.8, 4) is 11.1 Å². The molecule has 1 aromatic heterocycles. The topological polar surface area (TPSA) is 26.3 Å². The lowest BCUT2D eigenvalue weighted by Gasteiger charge is -2.05. The van der Waals surface area contributed by atoms with E-state index in [1.165, 1.54) is 24.5 Å². The van der Waals surface area contributed by atoms with Gasteiger partial charge in [0, 0.05) is 33.2 Å². The summed E-state index contributed by atoms with van der Waals surface area (Å²) >= 11 is 1.28. The molecule has 3 rings (SSSR count). The zero-order valence-corrected chi connectivity index (χ0v) is 12.1. The summed E-state index contributed by atoms with van der Waals surface area (Å²) in [5, 5.41) is 2.09. The second-order valence-corrected chi connectivity index (χ2v) is 5.51. The van der Waals surface area contributed by atoms with Crippen molar-refractivity contribution in [2.45, 2.75) is 0 Å². The molecule has 0 saturated heterocycles. The number of benzene rings is 2. The fourth-order valence-corrected chi connectivity index (χ4v) is 3.20. The van der Waals surface area contributed by atoms with Gasteiger partial charge >= 0.3 is 5.97 Å². The van der Waals surface area contributed by atoms with Crippen LogP contribution in [0.2, 0.25) is 0 Å². The van der Waals surface area contributed by atoms with Crippen molar-refractivity contribution in [1.29, 1.82) is 0 Å². The average Bonchev–Trinajstić information content (AvgIpc) is 2.88. The average molecular weight is 322 g/mol. The molecular formula is C16H9F3O2S. The van der Waals surface area contributed by atoms with Crippen LogP contribution < -0.4 is 0 Å². The maximum atomic E-state index is 14.0. The van der Waals surface area contributed by atoms with Gasteiger partial charge in [-0.25, -0.2) is 18.0 Å². The number of methoxy groups -OCH3 is 1. The molecule has 6 heteroatoms. The van der Waals surface area contributed by atoms with Gasteiger partial charge in [0.15, 0.2) is 0 Å². The van der Waals surface area contributed by atoms with Crippen LogP contribution in [-0.2, 0) is 4.74 Å². The van der Waals surface area contributed by atoms with Crippen LogP contribution in [0.25, 0.3) is 21.2 Å². The molecule has 0 atom stereocenters. The van der Waals surface area contributed by atoms with Crippen molar-refractivity contribution >= 4 is 27.4 Å². The van der Waals surface area contributed by atoms with Gasteiger partial charge in [0.1, 0.15) is 17.5 Å². The van der Waals surface area contributed by atoms with E-state index in [-0.39, 0.29) is 16.7 Å². The van der Waals surface area contributed by atoms with Crippen molar-refractivity contribution < 1.29 is 22.7 Å². The third kappa shape index (κ3) is 2.35. The first-order valence-corrected chi connectivity index (χ1v) is 7.13. The minimum atomic E-state index is -0.985. The number of hydrogen-bond acceptors (Lipinski definition) is 3. The standard InChI is InChI=1S/C16H9F3O2S/c1-21-16(20)8-2-3-14-10(4-8)11(7-22-14)15-12(18)5-9(17)6-13(15)19/h2-7H,1H3. The third-order valence-electron chi connectivity index (χ3n) is 3.27. The molecule has 0 spiro atoms. The molecule has 0 amide bonds. The molecule has 1 heterocycles. The van der Waals surface area contributed by atoms with E-state index in [4.69, 9.17) is 0 Å². The van der Waals surface area contributed by atoms with Gasteiger partial charge in [-0.3, -0.25) is 0 Å². The Kier molecular flexibility index (Phi) is 3.62. The zero-order valence-electron chi connectivity index (χ0n) is 11.3. The van der Waals surface area contributed by atoms with E-state index in [9.17, 15) is 18.0 Å². The number of rotatable bonds is 2. The second kappa shape index (κ2) is 5.46. The van der Waals surface area contributed by atoms with Crippen LogP contribution in [0.15, 0.2) is 35.7 Å². The van der Waals surface area contributed by atoms with Crippen molar-refractivity contribution in [2.24, 2.45) is 0 Å². The SMILES string of the molecule is COC(=O)c1ccc2scc(-c3c(F)cc(F)cc3F)c2c1. The summed E-state index contributed by atoms with van der Waals surface area (Å²) in [5.41, 5.74) is 0.244. The third-order valence-corrected chi connectivity index (χ3v) is 4.23. The molecule has 3 aromatic rings. The Morgan fingerprint density at radius 3 is 2.41 bits per heavy atom. The van der Waals surface area contributed by atoms with E-state index in [0.717, 1.165) is 4.70 Å². The largest absolute Gasteiger partial charge is 0.465 e.